The number of hydrogen-bond acceptors (Lipinski definition) is 6. The summed E-state index contributed by atoms with van der Waals surface area (Å²) in [5.74, 6) is -0.883. The van der Waals surface area contributed by atoms with Crippen LogP contribution in [-0.2, 0) is 23.8 Å². The Hall–Kier alpha value is -1.14. The summed E-state index contributed by atoms with van der Waals surface area (Å²) in [6, 6.07) is -0.841. The smallest absolute Gasteiger partial charge is 0.325 e. The molecule has 0 aromatic heterocycles. The van der Waals surface area contributed by atoms with Crippen LogP contribution in [0.5, 0.6) is 0 Å². The van der Waals surface area contributed by atoms with Crippen LogP contribution in [0.2, 0.25) is 0 Å². The first-order valence-electron chi connectivity index (χ1n) is 5.39. The lowest BCUT2D eigenvalue weighted by atomic mass is 10.2. The van der Waals surface area contributed by atoms with Crippen molar-refractivity contribution in [3.8, 4) is 0 Å². The molecule has 17 heavy (non-hydrogen) atoms. The van der Waals surface area contributed by atoms with Crippen LogP contribution >= 0.6 is 0 Å². The summed E-state index contributed by atoms with van der Waals surface area (Å²) in [5, 5.41) is 0. The standard InChI is InChI=1S/C11H21NO5/c1-11(2,3)17-10(14)8(12)7-16-6-5-9(13)15-4/h8H,5-7,12H2,1-4H3. The van der Waals surface area contributed by atoms with Crippen molar-refractivity contribution >= 4 is 11.9 Å². The highest BCUT2D eigenvalue weighted by molar-refractivity contribution is 5.76. The second kappa shape index (κ2) is 7.24. The predicted molar refractivity (Wildman–Crippen MR) is 61.3 cm³/mol. The van der Waals surface area contributed by atoms with Gasteiger partial charge in [0, 0.05) is 0 Å². The Morgan fingerprint density at radius 2 is 1.88 bits per heavy atom. The van der Waals surface area contributed by atoms with Crippen molar-refractivity contribution in [2.45, 2.75) is 38.8 Å². The number of carbonyl (C=O) groups excluding carboxylic acids is 2. The Balaban J connectivity index is 3.75. The molecule has 0 aliphatic heterocycles. The van der Waals surface area contributed by atoms with Crippen molar-refractivity contribution in [3.63, 3.8) is 0 Å². The minimum Gasteiger partial charge on any atom is -0.469 e. The van der Waals surface area contributed by atoms with Crippen LogP contribution in [-0.4, -0.2) is 43.9 Å². The lowest BCUT2D eigenvalue weighted by molar-refractivity contribution is -0.158. The number of methoxy groups -OCH3 is 1. The predicted octanol–water partition coefficient (Wildman–Crippen LogP) is 0.235. The molecular formula is C11H21NO5. The zero-order valence-electron chi connectivity index (χ0n) is 10.8. The van der Waals surface area contributed by atoms with E-state index >= 15 is 0 Å². The van der Waals surface area contributed by atoms with Gasteiger partial charge in [-0.05, 0) is 20.8 Å². The number of esters is 2. The van der Waals surface area contributed by atoms with Gasteiger partial charge in [-0.3, -0.25) is 9.59 Å². The van der Waals surface area contributed by atoms with Crippen LogP contribution in [0.15, 0.2) is 0 Å². The number of carbonyl (C=O) groups is 2. The van der Waals surface area contributed by atoms with E-state index in [2.05, 4.69) is 4.74 Å². The Morgan fingerprint density at radius 3 is 2.35 bits per heavy atom. The minimum absolute atomic E-state index is 0.0197. The average Bonchev–Trinajstić information content (AvgIpc) is 2.21. The third-order valence-corrected chi connectivity index (χ3v) is 1.69. The van der Waals surface area contributed by atoms with Crippen molar-refractivity contribution in [1.82, 2.24) is 0 Å². The van der Waals surface area contributed by atoms with Gasteiger partial charge in [-0.25, -0.2) is 0 Å². The van der Waals surface area contributed by atoms with Crippen molar-refractivity contribution in [3.05, 3.63) is 0 Å². The van der Waals surface area contributed by atoms with Gasteiger partial charge in [0.15, 0.2) is 0 Å². The zero-order chi connectivity index (χ0) is 13.5. The van der Waals surface area contributed by atoms with Crippen molar-refractivity contribution in [1.29, 1.82) is 0 Å². The first-order valence-corrected chi connectivity index (χ1v) is 5.39. The van der Waals surface area contributed by atoms with E-state index in [1.807, 2.05) is 0 Å². The van der Waals surface area contributed by atoms with E-state index in [1.165, 1.54) is 7.11 Å². The largest absolute Gasteiger partial charge is 0.469 e. The second-order valence-corrected chi connectivity index (χ2v) is 4.54. The van der Waals surface area contributed by atoms with Gasteiger partial charge >= 0.3 is 11.9 Å². The van der Waals surface area contributed by atoms with Crippen LogP contribution in [0.1, 0.15) is 27.2 Å². The first-order chi connectivity index (χ1) is 7.76. The number of hydrogen-bond donors (Lipinski definition) is 1. The molecule has 0 saturated carbocycles. The fourth-order valence-corrected chi connectivity index (χ4v) is 0.913. The summed E-state index contributed by atoms with van der Waals surface area (Å²) in [5.41, 5.74) is 4.99. The van der Waals surface area contributed by atoms with Gasteiger partial charge < -0.3 is 19.9 Å². The lowest BCUT2D eigenvalue weighted by Gasteiger charge is -2.22. The maximum Gasteiger partial charge on any atom is 0.325 e. The van der Waals surface area contributed by atoms with Crippen LogP contribution in [0.4, 0.5) is 0 Å². The molecule has 1 atom stereocenters. The molecule has 0 radical (unpaired) electrons. The fourth-order valence-electron chi connectivity index (χ4n) is 0.913. The average molecular weight is 247 g/mol. The summed E-state index contributed by atoms with van der Waals surface area (Å²) in [4.78, 5) is 22.2. The molecule has 6 nitrogen and oxygen atoms in total. The molecule has 0 bridgehead atoms. The van der Waals surface area contributed by atoms with E-state index in [1.54, 1.807) is 20.8 Å². The monoisotopic (exact) mass is 247 g/mol. The molecule has 6 heteroatoms. The summed E-state index contributed by atoms with van der Waals surface area (Å²) >= 11 is 0. The first kappa shape index (κ1) is 15.9. The molecule has 1 unspecified atom stereocenters. The molecule has 0 aliphatic rings. The van der Waals surface area contributed by atoms with Crippen molar-refractivity contribution in [2.75, 3.05) is 20.3 Å². The molecule has 100 valence electrons. The quantitative estimate of drug-likeness (QED) is 0.534. The van der Waals surface area contributed by atoms with E-state index in [0.29, 0.717) is 0 Å². The minimum atomic E-state index is -0.841. The molecule has 0 aromatic carbocycles. The van der Waals surface area contributed by atoms with Gasteiger partial charge in [-0.2, -0.15) is 0 Å². The summed E-state index contributed by atoms with van der Waals surface area (Å²) in [6.45, 7) is 5.47. The van der Waals surface area contributed by atoms with E-state index in [9.17, 15) is 9.59 Å². The Morgan fingerprint density at radius 1 is 1.29 bits per heavy atom. The van der Waals surface area contributed by atoms with Gasteiger partial charge in [-0.15, -0.1) is 0 Å². The molecule has 0 amide bonds. The fraction of sp³-hybridized carbons (Fsp3) is 0.818. The molecule has 0 rings (SSSR count). The molecule has 0 aliphatic carbocycles. The molecule has 0 heterocycles. The van der Waals surface area contributed by atoms with Crippen LogP contribution < -0.4 is 5.73 Å². The van der Waals surface area contributed by atoms with Crippen molar-refractivity contribution < 1.29 is 23.8 Å². The van der Waals surface area contributed by atoms with Gasteiger partial charge in [0.05, 0.1) is 26.7 Å². The van der Waals surface area contributed by atoms with E-state index in [0.717, 1.165) is 0 Å². The number of rotatable bonds is 6. The molecule has 0 saturated heterocycles. The van der Waals surface area contributed by atoms with E-state index < -0.39 is 17.6 Å². The summed E-state index contributed by atoms with van der Waals surface area (Å²) in [7, 11) is 1.30. The third-order valence-electron chi connectivity index (χ3n) is 1.69. The Kier molecular flexibility index (Phi) is 6.75. The summed E-state index contributed by atoms with van der Waals surface area (Å²) < 4.78 is 14.6. The van der Waals surface area contributed by atoms with Gasteiger partial charge in [-0.1, -0.05) is 0 Å². The maximum atomic E-state index is 11.4. The zero-order valence-corrected chi connectivity index (χ0v) is 10.8. The highest BCUT2D eigenvalue weighted by Gasteiger charge is 2.22. The topological polar surface area (TPSA) is 87.9 Å². The van der Waals surface area contributed by atoms with E-state index in [4.69, 9.17) is 15.2 Å². The normalized spacial score (nSPS) is 13.0. The van der Waals surface area contributed by atoms with Crippen LogP contribution in [0.25, 0.3) is 0 Å². The lowest BCUT2D eigenvalue weighted by Crippen LogP contribution is -2.40. The molecule has 2 N–H and O–H groups in total. The Labute approximate surface area is 101 Å². The molecule has 0 spiro atoms. The second-order valence-electron chi connectivity index (χ2n) is 4.54. The molecule has 0 fully saturated rings. The number of nitrogens with two attached hydrogens (primary N) is 1. The maximum absolute atomic E-state index is 11.4. The van der Waals surface area contributed by atoms with Crippen LogP contribution in [0, 0.1) is 0 Å². The van der Waals surface area contributed by atoms with Crippen LogP contribution in [0.3, 0.4) is 0 Å². The molecular weight excluding hydrogens is 226 g/mol. The van der Waals surface area contributed by atoms with Gasteiger partial charge in [0.25, 0.3) is 0 Å². The van der Waals surface area contributed by atoms with E-state index in [-0.39, 0.29) is 25.6 Å². The Bertz CT molecular complexity index is 259. The third kappa shape index (κ3) is 8.65. The van der Waals surface area contributed by atoms with Crippen molar-refractivity contribution in [2.24, 2.45) is 5.73 Å². The summed E-state index contributed by atoms with van der Waals surface area (Å²) in [6.07, 6.45) is 0.136. The highest BCUT2D eigenvalue weighted by atomic mass is 16.6. The van der Waals surface area contributed by atoms with Gasteiger partial charge in [0.2, 0.25) is 0 Å². The number of ether oxygens (including phenoxy) is 3. The molecule has 0 aromatic rings. The van der Waals surface area contributed by atoms with Gasteiger partial charge in [0.1, 0.15) is 11.6 Å². The SMILES string of the molecule is COC(=O)CCOCC(N)C(=O)OC(C)(C)C. The highest BCUT2D eigenvalue weighted by Crippen LogP contribution is 2.07.